The second kappa shape index (κ2) is 5.07. The Hall–Kier alpha value is -2.06. The summed E-state index contributed by atoms with van der Waals surface area (Å²) in [4.78, 5) is 1.16. The van der Waals surface area contributed by atoms with E-state index in [2.05, 4.69) is 0 Å². The lowest BCUT2D eigenvalue weighted by atomic mass is 10.2. The molecule has 18 heavy (non-hydrogen) atoms. The van der Waals surface area contributed by atoms with Gasteiger partial charge >= 0.3 is 0 Å². The number of hydrogen-bond donors (Lipinski definition) is 1. The molecular formula is C13H8F2N2S. The summed E-state index contributed by atoms with van der Waals surface area (Å²) in [6.07, 6.45) is 0. The Bertz CT molecular complexity index is 635. The Balaban J connectivity index is 2.33. The van der Waals surface area contributed by atoms with E-state index in [1.54, 1.807) is 18.2 Å². The second-order valence-corrected chi connectivity index (χ2v) is 4.66. The maximum Gasteiger partial charge on any atom is 0.159 e. The predicted molar refractivity (Wildman–Crippen MR) is 66.1 cm³/mol. The molecule has 2 rings (SSSR count). The van der Waals surface area contributed by atoms with Crippen LogP contribution in [0.25, 0.3) is 0 Å². The summed E-state index contributed by atoms with van der Waals surface area (Å²) in [7, 11) is 0. The normalized spacial score (nSPS) is 10.1. The summed E-state index contributed by atoms with van der Waals surface area (Å²) in [5, 5.41) is 8.79. The molecule has 0 atom stereocenters. The summed E-state index contributed by atoms with van der Waals surface area (Å²) >= 11 is 1.18. The van der Waals surface area contributed by atoms with Crippen molar-refractivity contribution in [1.82, 2.24) is 0 Å². The molecule has 0 aliphatic rings. The first-order chi connectivity index (χ1) is 8.60. The van der Waals surface area contributed by atoms with Gasteiger partial charge in [0, 0.05) is 15.5 Å². The van der Waals surface area contributed by atoms with Gasteiger partial charge in [0.2, 0.25) is 0 Å². The van der Waals surface area contributed by atoms with Crippen molar-refractivity contribution in [1.29, 1.82) is 5.26 Å². The van der Waals surface area contributed by atoms with E-state index < -0.39 is 11.6 Å². The van der Waals surface area contributed by atoms with Gasteiger partial charge in [0.25, 0.3) is 0 Å². The van der Waals surface area contributed by atoms with Gasteiger partial charge in [0.1, 0.15) is 0 Å². The van der Waals surface area contributed by atoms with Crippen LogP contribution in [0.2, 0.25) is 0 Å². The monoisotopic (exact) mass is 262 g/mol. The Morgan fingerprint density at radius 3 is 2.50 bits per heavy atom. The number of nitrogen functional groups attached to an aromatic ring is 1. The largest absolute Gasteiger partial charge is 0.398 e. The van der Waals surface area contributed by atoms with Crippen LogP contribution in [0, 0.1) is 23.0 Å². The fourth-order valence-electron chi connectivity index (χ4n) is 1.36. The molecule has 0 heterocycles. The standard InChI is InChI=1S/C13H8F2N2S/c14-10-3-2-9(6-11(10)15)18-13-5-8(7-16)1-4-12(13)17/h1-6H,17H2. The summed E-state index contributed by atoms with van der Waals surface area (Å²) < 4.78 is 25.8. The van der Waals surface area contributed by atoms with Gasteiger partial charge in [-0.15, -0.1) is 0 Å². The van der Waals surface area contributed by atoms with Gasteiger partial charge in [-0.25, -0.2) is 8.78 Å². The molecule has 0 radical (unpaired) electrons. The minimum atomic E-state index is -0.907. The van der Waals surface area contributed by atoms with Gasteiger partial charge in [-0.05, 0) is 36.4 Å². The highest BCUT2D eigenvalue weighted by atomic mass is 32.2. The van der Waals surface area contributed by atoms with E-state index in [1.807, 2.05) is 6.07 Å². The third-order valence-electron chi connectivity index (χ3n) is 2.26. The second-order valence-electron chi connectivity index (χ2n) is 3.54. The van der Waals surface area contributed by atoms with Crippen molar-refractivity contribution in [2.75, 3.05) is 5.73 Å². The fraction of sp³-hybridized carbons (Fsp3) is 0. The maximum absolute atomic E-state index is 13.1. The zero-order valence-corrected chi connectivity index (χ0v) is 9.97. The van der Waals surface area contributed by atoms with Crippen LogP contribution in [0.1, 0.15) is 5.56 Å². The van der Waals surface area contributed by atoms with E-state index >= 15 is 0 Å². The molecule has 0 saturated heterocycles. The van der Waals surface area contributed by atoms with Crippen molar-refractivity contribution in [3.05, 3.63) is 53.6 Å². The maximum atomic E-state index is 13.1. The molecule has 5 heteroatoms. The van der Waals surface area contributed by atoms with Crippen molar-refractivity contribution in [2.45, 2.75) is 9.79 Å². The average molecular weight is 262 g/mol. The molecule has 0 fully saturated rings. The van der Waals surface area contributed by atoms with Gasteiger partial charge in [-0.1, -0.05) is 11.8 Å². The molecule has 2 N–H and O–H groups in total. The smallest absolute Gasteiger partial charge is 0.159 e. The van der Waals surface area contributed by atoms with Crippen LogP contribution in [0.5, 0.6) is 0 Å². The Morgan fingerprint density at radius 2 is 1.83 bits per heavy atom. The molecule has 2 aromatic carbocycles. The third-order valence-corrected chi connectivity index (χ3v) is 3.32. The molecule has 0 aliphatic carbocycles. The highest BCUT2D eigenvalue weighted by Crippen LogP contribution is 2.33. The highest BCUT2D eigenvalue weighted by molar-refractivity contribution is 7.99. The van der Waals surface area contributed by atoms with Crippen LogP contribution in [0.15, 0.2) is 46.2 Å². The van der Waals surface area contributed by atoms with E-state index in [1.165, 1.54) is 17.8 Å². The Labute approximate surface area is 107 Å². The first kappa shape index (κ1) is 12.4. The molecule has 0 bridgehead atoms. The van der Waals surface area contributed by atoms with Crippen molar-refractivity contribution in [3.8, 4) is 6.07 Å². The Morgan fingerprint density at radius 1 is 1.06 bits per heavy atom. The molecule has 90 valence electrons. The first-order valence-corrected chi connectivity index (χ1v) is 5.84. The lowest BCUT2D eigenvalue weighted by Crippen LogP contribution is -1.90. The fourth-order valence-corrected chi connectivity index (χ4v) is 2.28. The number of rotatable bonds is 2. The van der Waals surface area contributed by atoms with E-state index in [4.69, 9.17) is 11.0 Å². The number of halogens is 2. The van der Waals surface area contributed by atoms with Gasteiger partial charge in [-0.3, -0.25) is 0 Å². The van der Waals surface area contributed by atoms with E-state index in [-0.39, 0.29) is 0 Å². The lowest BCUT2D eigenvalue weighted by molar-refractivity contribution is 0.506. The van der Waals surface area contributed by atoms with Crippen LogP contribution in [-0.2, 0) is 0 Å². The van der Waals surface area contributed by atoms with Gasteiger partial charge < -0.3 is 5.73 Å². The van der Waals surface area contributed by atoms with Gasteiger partial charge in [0.15, 0.2) is 11.6 Å². The summed E-state index contributed by atoms with van der Waals surface area (Å²) in [6.45, 7) is 0. The number of nitriles is 1. The summed E-state index contributed by atoms with van der Waals surface area (Å²) in [5.41, 5.74) is 6.72. The molecule has 2 aromatic rings. The average Bonchev–Trinajstić information content (AvgIpc) is 2.36. The zero-order valence-electron chi connectivity index (χ0n) is 9.15. The number of anilines is 1. The van der Waals surface area contributed by atoms with Crippen molar-refractivity contribution in [2.24, 2.45) is 0 Å². The minimum Gasteiger partial charge on any atom is -0.398 e. The van der Waals surface area contributed by atoms with Gasteiger partial charge in [0.05, 0.1) is 11.6 Å². The van der Waals surface area contributed by atoms with E-state index in [0.717, 1.165) is 12.1 Å². The SMILES string of the molecule is N#Cc1ccc(N)c(Sc2ccc(F)c(F)c2)c1. The molecular weight excluding hydrogens is 254 g/mol. The topological polar surface area (TPSA) is 49.8 Å². The number of nitrogens with zero attached hydrogens (tertiary/aromatic N) is 1. The Kier molecular flexibility index (Phi) is 3.49. The van der Waals surface area contributed by atoms with Gasteiger partial charge in [-0.2, -0.15) is 5.26 Å². The quantitative estimate of drug-likeness (QED) is 0.842. The van der Waals surface area contributed by atoms with E-state index in [9.17, 15) is 8.78 Å². The number of nitrogens with two attached hydrogens (primary N) is 1. The number of benzene rings is 2. The molecule has 0 aromatic heterocycles. The third kappa shape index (κ3) is 2.60. The molecule has 0 amide bonds. The minimum absolute atomic E-state index is 0.467. The molecule has 0 spiro atoms. The van der Waals surface area contributed by atoms with E-state index in [0.29, 0.717) is 21.0 Å². The van der Waals surface area contributed by atoms with Crippen LogP contribution in [0.3, 0.4) is 0 Å². The zero-order chi connectivity index (χ0) is 13.1. The van der Waals surface area contributed by atoms with Crippen LogP contribution in [-0.4, -0.2) is 0 Å². The van der Waals surface area contributed by atoms with Crippen molar-refractivity contribution < 1.29 is 8.78 Å². The van der Waals surface area contributed by atoms with Crippen molar-refractivity contribution in [3.63, 3.8) is 0 Å². The highest BCUT2D eigenvalue weighted by Gasteiger charge is 2.07. The lowest BCUT2D eigenvalue weighted by Gasteiger charge is -2.06. The molecule has 0 saturated carbocycles. The molecule has 0 aliphatic heterocycles. The summed E-state index contributed by atoms with van der Waals surface area (Å²) in [6, 6.07) is 10.4. The molecule has 2 nitrogen and oxygen atoms in total. The summed E-state index contributed by atoms with van der Waals surface area (Å²) in [5.74, 6) is -1.80. The molecule has 0 unspecified atom stereocenters. The van der Waals surface area contributed by atoms with Crippen molar-refractivity contribution >= 4 is 17.4 Å². The van der Waals surface area contributed by atoms with Crippen LogP contribution >= 0.6 is 11.8 Å². The first-order valence-electron chi connectivity index (χ1n) is 5.02. The van der Waals surface area contributed by atoms with Crippen LogP contribution in [0.4, 0.5) is 14.5 Å². The number of hydrogen-bond acceptors (Lipinski definition) is 3. The van der Waals surface area contributed by atoms with Crippen LogP contribution < -0.4 is 5.73 Å². The predicted octanol–water partition coefficient (Wildman–Crippen LogP) is 3.57.